The standard InChI is InChI=1S/C25H25N7O/c1-2-32-15-20(18-11-13-27-24-19(18)12-14-28-24)23(31-32)16-7-9-17(10-8-16)29-25(33)30-22-6-4-3-5-21(22)26/h4,6-15H,2-3,5,26H2,1H3,(H,27,28)(H2,29,30,33). The molecule has 2 amide bonds. The van der Waals surface area contributed by atoms with E-state index in [0.717, 1.165) is 52.8 Å². The van der Waals surface area contributed by atoms with Gasteiger partial charge in [-0.25, -0.2) is 9.78 Å². The van der Waals surface area contributed by atoms with E-state index in [0.29, 0.717) is 17.1 Å². The average molecular weight is 440 g/mol. The summed E-state index contributed by atoms with van der Waals surface area (Å²) >= 11 is 0. The molecule has 3 aromatic heterocycles. The number of rotatable bonds is 5. The Labute approximate surface area is 191 Å². The molecule has 8 nitrogen and oxygen atoms in total. The van der Waals surface area contributed by atoms with Crippen molar-refractivity contribution in [3.05, 3.63) is 78.5 Å². The second-order valence-electron chi connectivity index (χ2n) is 7.88. The zero-order chi connectivity index (χ0) is 22.8. The van der Waals surface area contributed by atoms with Crippen molar-refractivity contribution in [1.29, 1.82) is 0 Å². The highest BCUT2D eigenvalue weighted by atomic mass is 16.2. The molecule has 8 heteroatoms. The van der Waals surface area contributed by atoms with Crippen LogP contribution in [0.5, 0.6) is 0 Å². The Hall–Kier alpha value is -4.33. The SMILES string of the molecule is CCn1cc(-c2ccnc3[nH]ccc23)c(-c2ccc(NC(=O)NC3=C(N)CCC=C3)cc2)n1. The molecule has 0 atom stereocenters. The van der Waals surface area contributed by atoms with Gasteiger partial charge < -0.3 is 21.4 Å². The summed E-state index contributed by atoms with van der Waals surface area (Å²) in [6, 6.07) is 11.4. The van der Waals surface area contributed by atoms with Crippen LogP contribution in [0, 0.1) is 0 Å². The fourth-order valence-corrected chi connectivity index (χ4v) is 3.99. The van der Waals surface area contributed by atoms with Crippen LogP contribution in [0.3, 0.4) is 0 Å². The molecule has 0 fully saturated rings. The number of carbonyl (C=O) groups excluding carboxylic acids is 1. The number of aromatic nitrogens is 4. The minimum absolute atomic E-state index is 0.324. The first-order valence-electron chi connectivity index (χ1n) is 11.0. The molecule has 5 N–H and O–H groups in total. The molecular weight excluding hydrogens is 414 g/mol. The molecule has 0 unspecified atom stereocenters. The second kappa shape index (κ2) is 8.66. The molecule has 1 aromatic carbocycles. The van der Waals surface area contributed by atoms with Crippen LogP contribution >= 0.6 is 0 Å². The monoisotopic (exact) mass is 439 g/mol. The average Bonchev–Trinajstić information content (AvgIpc) is 3.48. The van der Waals surface area contributed by atoms with Gasteiger partial charge in [0.2, 0.25) is 0 Å². The number of benzene rings is 1. The van der Waals surface area contributed by atoms with Crippen molar-refractivity contribution >= 4 is 22.8 Å². The number of urea groups is 1. The number of aromatic amines is 1. The number of carbonyl (C=O) groups is 1. The Morgan fingerprint density at radius 2 is 2.00 bits per heavy atom. The van der Waals surface area contributed by atoms with Gasteiger partial charge in [-0.15, -0.1) is 0 Å². The molecular formula is C25H25N7O. The summed E-state index contributed by atoms with van der Waals surface area (Å²) in [6.07, 6.45) is 11.2. The molecule has 5 rings (SSSR count). The fraction of sp³-hybridized carbons (Fsp3) is 0.160. The summed E-state index contributed by atoms with van der Waals surface area (Å²) in [7, 11) is 0. The third-order valence-corrected chi connectivity index (χ3v) is 5.71. The van der Waals surface area contributed by atoms with E-state index < -0.39 is 0 Å². The molecule has 4 aromatic rings. The molecule has 0 radical (unpaired) electrons. The summed E-state index contributed by atoms with van der Waals surface area (Å²) in [6.45, 7) is 2.83. The Kier molecular flexibility index (Phi) is 5.40. The van der Waals surface area contributed by atoms with Gasteiger partial charge in [-0.1, -0.05) is 18.2 Å². The predicted octanol–water partition coefficient (Wildman–Crippen LogP) is 4.76. The van der Waals surface area contributed by atoms with Gasteiger partial charge in [-0.2, -0.15) is 5.10 Å². The Morgan fingerprint density at radius 3 is 2.79 bits per heavy atom. The maximum atomic E-state index is 12.4. The highest BCUT2D eigenvalue weighted by Gasteiger charge is 2.16. The largest absolute Gasteiger partial charge is 0.400 e. The molecule has 33 heavy (non-hydrogen) atoms. The van der Waals surface area contributed by atoms with E-state index in [2.05, 4.69) is 33.7 Å². The number of nitrogens with zero attached hydrogens (tertiary/aromatic N) is 3. The molecule has 0 spiro atoms. The van der Waals surface area contributed by atoms with Crippen LogP contribution in [0.25, 0.3) is 33.4 Å². The second-order valence-corrected chi connectivity index (χ2v) is 7.88. The molecule has 1 aliphatic carbocycles. The first kappa shape index (κ1) is 20.6. The minimum atomic E-state index is -0.324. The third-order valence-electron chi connectivity index (χ3n) is 5.71. The van der Waals surface area contributed by atoms with Crippen molar-refractivity contribution < 1.29 is 4.79 Å². The fourth-order valence-electron chi connectivity index (χ4n) is 3.99. The number of hydrogen-bond donors (Lipinski definition) is 4. The van der Waals surface area contributed by atoms with E-state index >= 15 is 0 Å². The van der Waals surface area contributed by atoms with Gasteiger partial charge >= 0.3 is 6.03 Å². The van der Waals surface area contributed by atoms with Gasteiger partial charge in [0.1, 0.15) is 11.3 Å². The van der Waals surface area contributed by atoms with Gasteiger partial charge in [-0.3, -0.25) is 4.68 Å². The number of allylic oxidation sites excluding steroid dienone is 3. The number of fused-ring (bicyclic) bond motifs is 1. The van der Waals surface area contributed by atoms with Gasteiger partial charge in [0.15, 0.2) is 0 Å². The van der Waals surface area contributed by atoms with Crippen molar-refractivity contribution in [2.45, 2.75) is 26.3 Å². The lowest BCUT2D eigenvalue weighted by atomic mass is 10.0. The molecule has 166 valence electrons. The number of anilines is 1. The first-order valence-corrected chi connectivity index (χ1v) is 11.0. The van der Waals surface area contributed by atoms with E-state index in [9.17, 15) is 4.79 Å². The van der Waals surface area contributed by atoms with Crippen molar-refractivity contribution in [3.8, 4) is 22.4 Å². The molecule has 1 aliphatic rings. The Balaban J connectivity index is 1.41. The maximum absolute atomic E-state index is 12.4. The number of H-pyrrole nitrogens is 1. The summed E-state index contributed by atoms with van der Waals surface area (Å²) < 4.78 is 1.93. The van der Waals surface area contributed by atoms with Crippen molar-refractivity contribution in [3.63, 3.8) is 0 Å². The van der Waals surface area contributed by atoms with E-state index in [1.807, 2.05) is 59.4 Å². The molecule has 0 bridgehead atoms. The first-order chi connectivity index (χ1) is 16.1. The topological polar surface area (TPSA) is 114 Å². The quantitative estimate of drug-likeness (QED) is 0.359. The van der Waals surface area contributed by atoms with Crippen molar-refractivity contribution in [1.82, 2.24) is 25.1 Å². The molecule has 0 aliphatic heterocycles. The third kappa shape index (κ3) is 4.10. The number of hydrogen-bond acceptors (Lipinski definition) is 4. The zero-order valence-corrected chi connectivity index (χ0v) is 18.3. The summed E-state index contributed by atoms with van der Waals surface area (Å²) in [5.41, 5.74) is 12.8. The van der Waals surface area contributed by atoms with Crippen molar-refractivity contribution in [2.24, 2.45) is 5.73 Å². The van der Waals surface area contributed by atoms with Crippen LogP contribution in [0.2, 0.25) is 0 Å². The lowest BCUT2D eigenvalue weighted by molar-refractivity contribution is 0.254. The normalized spacial score (nSPS) is 13.5. The van der Waals surface area contributed by atoms with Crippen LogP contribution in [0.4, 0.5) is 10.5 Å². The lowest BCUT2D eigenvalue weighted by Gasteiger charge is -2.14. The maximum Gasteiger partial charge on any atom is 0.323 e. The Morgan fingerprint density at radius 1 is 1.15 bits per heavy atom. The number of nitrogens with two attached hydrogens (primary N) is 1. The van der Waals surface area contributed by atoms with Gasteiger partial charge in [-0.05, 0) is 55.7 Å². The zero-order valence-electron chi connectivity index (χ0n) is 18.3. The molecule has 0 saturated carbocycles. The Bertz CT molecular complexity index is 1380. The smallest absolute Gasteiger partial charge is 0.323 e. The number of amides is 2. The predicted molar refractivity (Wildman–Crippen MR) is 130 cm³/mol. The van der Waals surface area contributed by atoms with Crippen molar-refractivity contribution in [2.75, 3.05) is 5.32 Å². The van der Waals surface area contributed by atoms with Gasteiger partial charge in [0.25, 0.3) is 0 Å². The highest BCUT2D eigenvalue weighted by Crippen LogP contribution is 2.35. The number of pyridine rings is 1. The van der Waals surface area contributed by atoms with E-state index in [1.54, 1.807) is 6.20 Å². The van der Waals surface area contributed by atoms with Crippen LogP contribution < -0.4 is 16.4 Å². The van der Waals surface area contributed by atoms with Crippen LogP contribution in [-0.4, -0.2) is 25.8 Å². The highest BCUT2D eigenvalue weighted by molar-refractivity contribution is 5.97. The van der Waals surface area contributed by atoms with Gasteiger partial charge in [0, 0.05) is 53.0 Å². The molecule has 0 saturated heterocycles. The summed E-state index contributed by atoms with van der Waals surface area (Å²) in [4.78, 5) is 20.0. The molecule has 3 heterocycles. The van der Waals surface area contributed by atoms with Crippen LogP contribution in [-0.2, 0) is 6.54 Å². The van der Waals surface area contributed by atoms with Gasteiger partial charge in [0.05, 0.1) is 5.70 Å². The van der Waals surface area contributed by atoms with Crippen LogP contribution in [0.15, 0.2) is 78.5 Å². The van der Waals surface area contributed by atoms with Crippen LogP contribution in [0.1, 0.15) is 19.8 Å². The van der Waals surface area contributed by atoms with E-state index in [-0.39, 0.29) is 6.03 Å². The lowest BCUT2D eigenvalue weighted by Crippen LogP contribution is -2.30. The number of nitrogens with one attached hydrogen (secondary N) is 3. The minimum Gasteiger partial charge on any atom is -0.400 e. The summed E-state index contributed by atoms with van der Waals surface area (Å²) in [5, 5.41) is 11.5. The summed E-state index contributed by atoms with van der Waals surface area (Å²) in [5.74, 6) is 0. The number of aryl methyl sites for hydroxylation is 1. The van der Waals surface area contributed by atoms with E-state index in [1.165, 1.54) is 0 Å². The van der Waals surface area contributed by atoms with E-state index in [4.69, 9.17) is 10.8 Å².